The molecule has 1 fully saturated rings. The van der Waals surface area contributed by atoms with E-state index in [1.807, 2.05) is 52.0 Å². The molecule has 31 heavy (non-hydrogen) atoms. The van der Waals surface area contributed by atoms with Gasteiger partial charge in [-0.1, -0.05) is 24.0 Å². The van der Waals surface area contributed by atoms with Crippen LogP contribution in [0.2, 0.25) is 0 Å². The fourth-order valence-corrected chi connectivity index (χ4v) is 3.50. The number of nitriles is 1. The Bertz CT molecular complexity index is 1040. The molecule has 0 heterocycles. The summed E-state index contributed by atoms with van der Waals surface area (Å²) >= 11 is 0. The summed E-state index contributed by atoms with van der Waals surface area (Å²) in [5.41, 5.74) is 2.31. The number of amides is 1. The number of hydrogen-bond acceptors (Lipinski definition) is 4. The number of nitrogens with one attached hydrogen (secondary N) is 1. The Balaban J connectivity index is 1.77. The lowest BCUT2D eigenvalue weighted by Crippen LogP contribution is -2.52. The maximum absolute atomic E-state index is 12.3. The van der Waals surface area contributed by atoms with Gasteiger partial charge in [-0.3, -0.25) is 0 Å². The van der Waals surface area contributed by atoms with E-state index >= 15 is 0 Å². The van der Waals surface area contributed by atoms with Crippen molar-refractivity contribution in [3.63, 3.8) is 0 Å². The number of rotatable bonds is 4. The van der Waals surface area contributed by atoms with Gasteiger partial charge in [0.2, 0.25) is 0 Å². The Morgan fingerprint density at radius 1 is 1.10 bits per heavy atom. The molecule has 5 heteroatoms. The number of carbonyl (C=O) groups excluding carboxylic acids is 1. The Morgan fingerprint density at radius 2 is 1.77 bits per heavy atom. The lowest BCUT2D eigenvalue weighted by molar-refractivity contribution is 0.0377. The summed E-state index contributed by atoms with van der Waals surface area (Å²) in [5.74, 6) is 6.91. The van der Waals surface area contributed by atoms with E-state index < -0.39 is 5.60 Å². The smallest absolute Gasteiger partial charge is 0.408 e. The highest BCUT2D eigenvalue weighted by atomic mass is 16.6. The number of benzene rings is 2. The maximum Gasteiger partial charge on any atom is 0.408 e. The van der Waals surface area contributed by atoms with Gasteiger partial charge >= 0.3 is 6.09 Å². The van der Waals surface area contributed by atoms with Crippen molar-refractivity contribution in [3.05, 3.63) is 64.7 Å². The van der Waals surface area contributed by atoms with Gasteiger partial charge in [0.1, 0.15) is 11.4 Å². The van der Waals surface area contributed by atoms with Crippen LogP contribution in [0.3, 0.4) is 0 Å². The minimum absolute atomic E-state index is 0.371. The van der Waals surface area contributed by atoms with Gasteiger partial charge in [0.05, 0.1) is 29.3 Å². The Labute approximate surface area is 184 Å². The van der Waals surface area contributed by atoms with Crippen molar-refractivity contribution in [1.82, 2.24) is 5.32 Å². The number of hydrogen-bond donors (Lipinski definition) is 1. The molecule has 0 aromatic heterocycles. The lowest BCUT2D eigenvalue weighted by atomic mass is 9.72. The van der Waals surface area contributed by atoms with Crippen molar-refractivity contribution in [2.45, 2.75) is 58.1 Å². The zero-order valence-electron chi connectivity index (χ0n) is 18.5. The van der Waals surface area contributed by atoms with Crippen LogP contribution < -0.4 is 10.1 Å². The van der Waals surface area contributed by atoms with E-state index in [1.165, 1.54) is 0 Å². The molecule has 1 aliphatic carbocycles. The highest BCUT2D eigenvalue weighted by Gasteiger charge is 2.41. The molecular weight excluding hydrogens is 388 g/mol. The zero-order valence-corrected chi connectivity index (χ0v) is 18.5. The monoisotopic (exact) mass is 416 g/mol. The normalized spacial score (nSPS) is 14.3. The summed E-state index contributed by atoms with van der Waals surface area (Å²) < 4.78 is 11.1. The van der Waals surface area contributed by atoms with Crippen LogP contribution in [-0.4, -0.2) is 18.3 Å². The topological polar surface area (TPSA) is 71.3 Å². The molecule has 2 aromatic carbocycles. The van der Waals surface area contributed by atoms with E-state index in [0.717, 1.165) is 36.0 Å². The fourth-order valence-electron chi connectivity index (χ4n) is 3.50. The van der Waals surface area contributed by atoms with Crippen LogP contribution in [0, 0.1) is 23.2 Å². The molecule has 0 unspecified atom stereocenters. The first-order valence-corrected chi connectivity index (χ1v) is 10.6. The van der Waals surface area contributed by atoms with Crippen LogP contribution in [0.25, 0.3) is 0 Å². The van der Waals surface area contributed by atoms with Crippen molar-refractivity contribution in [3.8, 4) is 23.7 Å². The van der Waals surface area contributed by atoms with Gasteiger partial charge in [-0.2, -0.15) is 5.26 Å². The summed E-state index contributed by atoms with van der Waals surface area (Å²) in [6.45, 7) is 7.98. The van der Waals surface area contributed by atoms with Crippen molar-refractivity contribution in [1.29, 1.82) is 5.26 Å². The molecule has 1 saturated carbocycles. The average Bonchev–Trinajstić information content (AvgIpc) is 2.69. The highest BCUT2D eigenvalue weighted by molar-refractivity contribution is 5.69. The first kappa shape index (κ1) is 22.2. The van der Waals surface area contributed by atoms with Gasteiger partial charge in [-0.05, 0) is 82.9 Å². The van der Waals surface area contributed by atoms with Crippen molar-refractivity contribution >= 4 is 6.09 Å². The SMILES string of the molecule is CCOc1cc(C#N)ccc1C#Cc1ccc(C2(NC(=O)OC(C)(C)C)CCC2)cc1. The number of nitrogens with zero attached hydrogens (tertiary/aromatic N) is 1. The van der Waals surface area contributed by atoms with Crippen LogP contribution in [0.15, 0.2) is 42.5 Å². The van der Waals surface area contributed by atoms with Gasteiger partial charge in [0.15, 0.2) is 0 Å². The average molecular weight is 417 g/mol. The highest BCUT2D eigenvalue weighted by Crippen LogP contribution is 2.41. The predicted octanol–water partition coefficient (Wildman–Crippen LogP) is 5.26. The Morgan fingerprint density at radius 3 is 2.32 bits per heavy atom. The van der Waals surface area contributed by atoms with Crippen molar-refractivity contribution < 1.29 is 14.3 Å². The standard InChI is InChI=1S/C26H28N2O3/c1-5-30-23-17-20(18-27)8-12-21(23)11-7-19-9-13-22(14-10-19)26(15-6-16-26)28-24(29)31-25(2,3)4/h8-10,12-14,17H,5-6,15-16H2,1-4H3,(H,28,29). The number of carbonyl (C=O) groups is 1. The molecule has 160 valence electrons. The molecular formula is C26H28N2O3. The van der Waals surface area contributed by atoms with E-state index in [0.29, 0.717) is 17.9 Å². The molecule has 5 nitrogen and oxygen atoms in total. The van der Waals surface area contributed by atoms with Crippen molar-refractivity contribution in [2.75, 3.05) is 6.61 Å². The second kappa shape index (κ2) is 9.14. The molecule has 3 rings (SSSR count). The first-order valence-electron chi connectivity index (χ1n) is 10.6. The molecule has 0 spiro atoms. The largest absolute Gasteiger partial charge is 0.493 e. The molecule has 1 N–H and O–H groups in total. The number of alkyl carbamates (subject to hydrolysis) is 1. The molecule has 0 bridgehead atoms. The van der Waals surface area contributed by atoms with Gasteiger partial charge in [-0.25, -0.2) is 4.79 Å². The van der Waals surface area contributed by atoms with Crippen LogP contribution in [-0.2, 0) is 10.3 Å². The van der Waals surface area contributed by atoms with E-state index in [9.17, 15) is 4.79 Å². The molecule has 1 amide bonds. The van der Waals surface area contributed by atoms with Gasteiger partial charge in [0.25, 0.3) is 0 Å². The number of ether oxygens (including phenoxy) is 2. The van der Waals surface area contributed by atoms with E-state index in [-0.39, 0.29) is 11.6 Å². The molecule has 0 radical (unpaired) electrons. The lowest BCUT2D eigenvalue weighted by Gasteiger charge is -2.43. The predicted molar refractivity (Wildman–Crippen MR) is 120 cm³/mol. The molecule has 1 aliphatic rings. The maximum atomic E-state index is 12.3. The fraction of sp³-hybridized carbons (Fsp3) is 0.385. The Hall–Kier alpha value is -3.44. The minimum atomic E-state index is -0.528. The molecule has 2 aromatic rings. The van der Waals surface area contributed by atoms with Crippen molar-refractivity contribution in [2.24, 2.45) is 0 Å². The van der Waals surface area contributed by atoms with Crippen LogP contribution >= 0.6 is 0 Å². The molecule has 0 aliphatic heterocycles. The third kappa shape index (κ3) is 5.58. The summed E-state index contributed by atoms with van der Waals surface area (Å²) in [4.78, 5) is 12.3. The van der Waals surface area contributed by atoms with Crippen LogP contribution in [0.5, 0.6) is 5.75 Å². The summed E-state index contributed by atoms with van der Waals surface area (Å²) in [6, 6.07) is 15.3. The third-order valence-corrected chi connectivity index (χ3v) is 5.14. The third-order valence-electron chi connectivity index (χ3n) is 5.14. The second-order valence-corrected chi connectivity index (χ2v) is 8.65. The van der Waals surface area contributed by atoms with Gasteiger partial charge in [0, 0.05) is 5.56 Å². The van der Waals surface area contributed by atoms with Gasteiger partial charge < -0.3 is 14.8 Å². The zero-order chi connectivity index (χ0) is 22.5. The van der Waals surface area contributed by atoms with Gasteiger partial charge in [-0.15, -0.1) is 0 Å². The summed E-state index contributed by atoms with van der Waals surface area (Å²) in [5, 5.41) is 12.2. The van der Waals surface area contributed by atoms with Crippen LogP contribution in [0.4, 0.5) is 4.79 Å². The van der Waals surface area contributed by atoms with E-state index in [1.54, 1.807) is 18.2 Å². The van der Waals surface area contributed by atoms with Crippen LogP contribution in [0.1, 0.15) is 69.2 Å². The second-order valence-electron chi connectivity index (χ2n) is 8.65. The molecule has 0 atom stereocenters. The van der Waals surface area contributed by atoms with E-state index in [4.69, 9.17) is 14.7 Å². The Kier molecular flexibility index (Phi) is 6.56. The summed E-state index contributed by atoms with van der Waals surface area (Å²) in [6.07, 6.45) is 2.46. The van der Waals surface area contributed by atoms with E-state index in [2.05, 4.69) is 23.2 Å². The quantitative estimate of drug-likeness (QED) is 0.690. The molecule has 0 saturated heterocycles. The first-order chi connectivity index (χ1) is 14.7. The minimum Gasteiger partial charge on any atom is -0.493 e. The summed E-state index contributed by atoms with van der Waals surface area (Å²) in [7, 11) is 0.